The number of ether oxygens (including phenoxy) is 1. The smallest absolute Gasteiger partial charge is 0.284 e. The highest BCUT2D eigenvalue weighted by atomic mass is 32.1. The van der Waals surface area contributed by atoms with E-state index in [4.69, 9.17) is 16.2 Å². The van der Waals surface area contributed by atoms with Crippen LogP contribution in [0.4, 0.5) is 16.4 Å². The van der Waals surface area contributed by atoms with E-state index in [1.807, 2.05) is 51.1 Å². The van der Waals surface area contributed by atoms with Gasteiger partial charge >= 0.3 is 0 Å². The first-order valence-electron chi connectivity index (χ1n) is 11.4. The van der Waals surface area contributed by atoms with E-state index in [1.54, 1.807) is 22.8 Å². The molecule has 2 heterocycles. The van der Waals surface area contributed by atoms with Crippen molar-refractivity contribution in [3.05, 3.63) is 59.5 Å². The molecule has 0 bridgehead atoms. The van der Waals surface area contributed by atoms with Crippen molar-refractivity contribution in [2.24, 2.45) is 11.7 Å². The monoisotopic (exact) mass is 481 g/mol. The van der Waals surface area contributed by atoms with Crippen LogP contribution in [0.25, 0.3) is 0 Å². The molecule has 1 amide bonds. The number of rotatable bonds is 6. The molecule has 5 N–H and O–H groups in total. The van der Waals surface area contributed by atoms with Crippen molar-refractivity contribution in [2.45, 2.75) is 57.8 Å². The van der Waals surface area contributed by atoms with Crippen LogP contribution in [0.15, 0.2) is 48.2 Å². The Morgan fingerprint density at radius 1 is 1.24 bits per heavy atom. The van der Waals surface area contributed by atoms with E-state index in [-0.39, 0.29) is 35.6 Å². The van der Waals surface area contributed by atoms with Gasteiger partial charge in [0.25, 0.3) is 5.91 Å². The number of nitrogen functional groups attached to an aromatic ring is 1. The van der Waals surface area contributed by atoms with Crippen LogP contribution in [0.2, 0.25) is 0 Å². The number of aromatic nitrogens is 2. The van der Waals surface area contributed by atoms with Crippen molar-refractivity contribution in [3.63, 3.8) is 0 Å². The van der Waals surface area contributed by atoms with E-state index in [2.05, 4.69) is 9.97 Å². The number of pyridine rings is 1. The second-order valence-corrected chi connectivity index (χ2v) is 9.96. The van der Waals surface area contributed by atoms with Gasteiger partial charge in [0.2, 0.25) is 0 Å². The summed E-state index contributed by atoms with van der Waals surface area (Å²) in [6.45, 7) is 5.88. The first-order valence-corrected chi connectivity index (χ1v) is 12.3. The number of hydrogen-bond donors (Lipinski definition) is 3. The number of carbonyl (C=O) groups is 1. The molecule has 0 unspecified atom stereocenters. The third kappa shape index (κ3) is 4.77. The molecule has 3 aromatic rings. The second kappa shape index (κ2) is 10.1. The average molecular weight is 482 g/mol. The molecule has 1 aliphatic rings. The molecule has 2 aromatic heterocycles. The number of aliphatic hydroxyl groups excluding tert-OH is 1. The van der Waals surface area contributed by atoms with E-state index >= 15 is 0 Å². The van der Waals surface area contributed by atoms with Gasteiger partial charge in [-0.05, 0) is 62.3 Å². The Morgan fingerprint density at radius 3 is 2.68 bits per heavy atom. The van der Waals surface area contributed by atoms with Crippen molar-refractivity contribution >= 4 is 33.6 Å². The van der Waals surface area contributed by atoms with Crippen molar-refractivity contribution in [1.82, 2.24) is 9.97 Å². The normalized spacial score (nSPS) is 22.5. The molecule has 1 aromatic carbocycles. The van der Waals surface area contributed by atoms with Gasteiger partial charge in [-0.15, -0.1) is 11.3 Å². The Bertz CT molecular complexity index is 1140. The number of amides is 1. The molecule has 4 rings (SSSR count). The number of para-hydroxylation sites is 2. The topological polar surface area (TPSA) is 128 Å². The number of anilines is 3. The third-order valence-corrected chi connectivity index (χ3v) is 6.88. The van der Waals surface area contributed by atoms with Gasteiger partial charge in [-0.2, -0.15) is 0 Å². The minimum absolute atomic E-state index is 0.0321. The zero-order valence-corrected chi connectivity index (χ0v) is 20.4. The summed E-state index contributed by atoms with van der Waals surface area (Å²) in [5.41, 5.74) is 16.3. The maximum absolute atomic E-state index is 13.9. The fourth-order valence-corrected chi connectivity index (χ4v) is 5.15. The van der Waals surface area contributed by atoms with E-state index in [0.717, 1.165) is 12.0 Å². The molecule has 0 spiro atoms. The minimum Gasteiger partial charge on any atom is -0.489 e. The molecule has 1 fully saturated rings. The van der Waals surface area contributed by atoms with Crippen molar-refractivity contribution in [1.29, 1.82) is 0 Å². The standard InChI is InChI=1S/C25H31N5O3S/c1-14(2)33-21-7-5-4-6-19(21)30(25(32)22-24(27)34-13-29-22)20-12-28-9-8-17(20)16-10-15(3)23(31)18(26)11-16/h4-9,12-16,18,23,31H,10-11,26-27H2,1-3H3/t15-,16+,18+,23+/m0/s1. The Kier molecular flexibility index (Phi) is 7.16. The molecule has 0 aliphatic heterocycles. The molecule has 180 valence electrons. The van der Waals surface area contributed by atoms with E-state index in [1.165, 1.54) is 11.3 Å². The highest BCUT2D eigenvalue weighted by Gasteiger charge is 2.36. The molecule has 9 heteroatoms. The Morgan fingerprint density at radius 2 is 2.00 bits per heavy atom. The summed E-state index contributed by atoms with van der Waals surface area (Å²) in [6.07, 6.45) is 4.12. The number of carbonyl (C=O) groups excluding carboxylic acids is 1. The highest BCUT2D eigenvalue weighted by molar-refractivity contribution is 7.14. The molecular weight excluding hydrogens is 450 g/mol. The van der Waals surface area contributed by atoms with Gasteiger partial charge < -0.3 is 21.3 Å². The summed E-state index contributed by atoms with van der Waals surface area (Å²) in [5.74, 6) is 0.289. The molecule has 34 heavy (non-hydrogen) atoms. The van der Waals surface area contributed by atoms with Crippen LogP contribution in [0.1, 0.15) is 55.6 Å². The Hall–Kier alpha value is -3.01. The summed E-state index contributed by atoms with van der Waals surface area (Å²) in [6, 6.07) is 8.99. The zero-order valence-electron chi connectivity index (χ0n) is 19.6. The van der Waals surface area contributed by atoms with Gasteiger partial charge in [0.1, 0.15) is 10.8 Å². The Labute approximate surface area is 203 Å². The SMILES string of the molecule is CC(C)Oc1ccccc1N(C(=O)c1ncsc1N)c1cnccc1[C@H]1C[C@@H](N)[C@H](O)[C@@H](C)C1. The summed E-state index contributed by atoms with van der Waals surface area (Å²) in [7, 11) is 0. The zero-order chi connectivity index (χ0) is 24.4. The molecule has 1 saturated carbocycles. The fraction of sp³-hybridized carbons (Fsp3) is 0.400. The van der Waals surface area contributed by atoms with E-state index < -0.39 is 6.10 Å². The maximum atomic E-state index is 13.9. The van der Waals surface area contributed by atoms with Crippen LogP contribution < -0.4 is 21.1 Å². The molecular formula is C25H31N5O3S. The summed E-state index contributed by atoms with van der Waals surface area (Å²) >= 11 is 1.22. The average Bonchev–Trinajstić information content (AvgIpc) is 3.24. The summed E-state index contributed by atoms with van der Waals surface area (Å²) < 4.78 is 6.06. The fourth-order valence-electron chi connectivity index (χ4n) is 4.62. The minimum atomic E-state index is -0.547. The van der Waals surface area contributed by atoms with Crippen LogP contribution in [0.5, 0.6) is 5.75 Å². The lowest BCUT2D eigenvalue weighted by Gasteiger charge is -2.37. The largest absolute Gasteiger partial charge is 0.489 e. The van der Waals surface area contributed by atoms with Gasteiger partial charge in [0.05, 0.1) is 35.3 Å². The van der Waals surface area contributed by atoms with Gasteiger partial charge in [0.15, 0.2) is 5.69 Å². The predicted octanol–water partition coefficient (Wildman–Crippen LogP) is 4.09. The third-order valence-electron chi connectivity index (χ3n) is 6.22. The van der Waals surface area contributed by atoms with Crippen LogP contribution in [0, 0.1) is 5.92 Å². The number of aliphatic hydroxyl groups is 1. The lowest BCUT2D eigenvalue weighted by Crippen LogP contribution is -2.44. The van der Waals surface area contributed by atoms with Gasteiger partial charge in [-0.25, -0.2) is 4.98 Å². The molecule has 8 nitrogen and oxygen atoms in total. The second-order valence-electron chi connectivity index (χ2n) is 9.07. The quantitative estimate of drug-likeness (QED) is 0.484. The lowest BCUT2D eigenvalue weighted by atomic mass is 9.74. The number of thiazole rings is 1. The maximum Gasteiger partial charge on any atom is 0.284 e. The van der Waals surface area contributed by atoms with Crippen LogP contribution in [0.3, 0.4) is 0 Å². The first kappa shape index (κ1) is 24.1. The van der Waals surface area contributed by atoms with Crippen LogP contribution >= 0.6 is 11.3 Å². The van der Waals surface area contributed by atoms with E-state index in [0.29, 0.717) is 28.5 Å². The number of hydrogen-bond acceptors (Lipinski definition) is 8. The molecule has 4 atom stereocenters. The van der Waals surface area contributed by atoms with Crippen molar-refractivity contribution < 1.29 is 14.6 Å². The van der Waals surface area contributed by atoms with E-state index in [9.17, 15) is 9.90 Å². The number of nitrogens with two attached hydrogens (primary N) is 2. The van der Waals surface area contributed by atoms with Gasteiger partial charge in [0, 0.05) is 12.2 Å². The van der Waals surface area contributed by atoms with Crippen LogP contribution in [-0.2, 0) is 0 Å². The summed E-state index contributed by atoms with van der Waals surface area (Å²) in [5, 5.41) is 10.7. The number of nitrogens with zero attached hydrogens (tertiary/aromatic N) is 3. The number of benzene rings is 1. The molecule has 0 saturated heterocycles. The summed E-state index contributed by atoms with van der Waals surface area (Å²) in [4.78, 5) is 24.1. The molecule has 1 aliphatic carbocycles. The van der Waals surface area contributed by atoms with Crippen LogP contribution in [-0.4, -0.2) is 39.2 Å². The Balaban J connectivity index is 1.87. The van der Waals surface area contributed by atoms with Gasteiger partial charge in [-0.3, -0.25) is 14.7 Å². The van der Waals surface area contributed by atoms with Crippen molar-refractivity contribution in [3.8, 4) is 5.75 Å². The predicted molar refractivity (Wildman–Crippen MR) is 135 cm³/mol. The molecule has 0 radical (unpaired) electrons. The highest BCUT2D eigenvalue weighted by Crippen LogP contribution is 2.43. The van der Waals surface area contributed by atoms with Crippen molar-refractivity contribution in [2.75, 3.05) is 10.6 Å². The van der Waals surface area contributed by atoms with Gasteiger partial charge in [-0.1, -0.05) is 19.1 Å². The lowest BCUT2D eigenvalue weighted by molar-refractivity contribution is 0.0521. The first-order chi connectivity index (χ1) is 16.3.